The van der Waals surface area contributed by atoms with Crippen molar-refractivity contribution >= 4 is 6.09 Å². The molecule has 2 fully saturated rings. The molecule has 1 saturated heterocycles. The zero-order chi connectivity index (χ0) is 12.5. The molecular formula is C14H17NO3. The van der Waals surface area contributed by atoms with Gasteiger partial charge in [0.25, 0.3) is 0 Å². The molecule has 0 bridgehead atoms. The predicted octanol–water partition coefficient (Wildman–Crippen LogP) is 2.55. The van der Waals surface area contributed by atoms with Crippen molar-refractivity contribution in [2.24, 2.45) is 5.92 Å². The number of carbonyl (C=O) groups is 1. The van der Waals surface area contributed by atoms with Crippen LogP contribution in [0.4, 0.5) is 4.79 Å². The van der Waals surface area contributed by atoms with E-state index in [-0.39, 0.29) is 0 Å². The van der Waals surface area contributed by atoms with E-state index in [9.17, 15) is 4.79 Å². The van der Waals surface area contributed by atoms with Gasteiger partial charge in [0.2, 0.25) is 0 Å². The van der Waals surface area contributed by atoms with Crippen molar-refractivity contribution < 1.29 is 14.6 Å². The fraction of sp³-hybridized carbons (Fsp3) is 0.500. The highest BCUT2D eigenvalue weighted by Crippen LogP contribution is 2.31. The molecule has 0 unspecified atom stereocenters. The summed E-state index contributed by atoms with van der Waals surface area (Å²) >= 11 is 0. The quantitative estimate of drug-likeness (QED) is 0.889. The molecule has 4 heteroatoms. The van der Waals surface area contributed by atoms with Crippen LogP contribution in [-0.4, -0.2) is 35.8 Å². The maximum absolute atomic E-state index is 10.7. The van der Waals surface area contributed by atoms with Gasteiger partial charge >= 0.3 is 6.09 Å². The minimum Gasteiger partial charge on any atom is -0.493 e. The van der Waals surface area contributed by atoms with Gasteiger partial charge in [-0.3, -0.25) is 0 Å². The molecule has 0 spiro atoms. The second kappa shape index (κ2) is 4.52. The van der Waals surface area contributed by atoms with Crippen LogP contribution in [0, 0.1) is 5.92 Å². The van der Waals surface area contributed by atoms with E-state index in [1.54, 1.807) is 0 Å². The Morgan fingerprint density at radius 2 is 1.94 bits per heavy atom. The van der Waals surface area contributed by atoms with Crippen molar-refractivity contribution in [3.05, 3.63) is 29.8 Å². The number of carboxylic acid groups (broad SMARTS) is 1. The second-order valence-electron chi connectivity index (χ2n) is 5.21. The van der Waals surface area contributed by atoms with E-state index in [1.807, 2.05) is 24.3 Å². The van der Waals surface area contributed by atoms with Gasteiger partial charge in [-0.15, -0.1) is 0 Å². The Bertz CT molecular complexity index is 433. The lowest BCUT2D eigenvalue weighted by atomic mass is 9.92. The third kappa shape index (κ3) is 2.42. The lowest BCUT2D eigenvalue weighted by Crippen LogP contribution is -2.47. The lowest BCUT2D eigenvalue weighted by Gasteiger charge is -2.37. The van der Waals surface area contributed by atoms with E-state index in [0.29, 0.717) is 19.0 Å². The van der Waals surface area contributed by atoms with Crippen LogP contribution in [0.25, 0.3) is 0 Å². The summed E-state index contributed by atoms with van der Waals surface area (Å²) < 4.78 is 5.67. The molecule has 1 saturated carbocycles. The maximum Gasteiger partial charge on any atom is 0.407 e. The van der Waals surface area contributed by atoms with Gasteiger partial charge in [-0.05, 0) is 36.5 Å². The number of ether oxygens (including phenoxy) is 1. The molecule has 3 rings (SSSR count). The van der Waals surface area contributed by atoms with Gasteiger partial charge in [-0.1, -0.05) is 12.1 Å². The summed E-state index contributed by atoms with van der Waals surface area (Å²) in [6.07, 6.45) is 1.77. The lowest BCUT2D eigenvalue weighted by molar-refractivity contribution is 0.105. The van der Waals surface area contributed by atoms with Crippen LogP contribution in [0.5, 0.6) is 5.75 Å². The molecule has 1 aliphatic carbocycles. The number of likely N-dealkylation sites (tertiary alicyclic amines) is 1. The first kappa shape index (κ1) is 11.4. The highest BCUT2D eigenvalue weighted by atomic mass is 16.5. The highest BCUT2D eigenvalue weighted by molar-refractivity contribution is 5.66. The van der Waals surface area contributed by atoms with Crippen LogP contribution in [0.1, 0.15) is 24.3 Å². The molecule has 1 heterocycles. The summed E-state index contributed by atoms with van der Waals surface area (Å²) in [4.78, 5) is 12.1. The molecule has 1 aliphatic heterocycles. The Balaban J connectivity index is 1.53. The molecular weight excluding hydrogens is 230 g/mol. The topological polar surface area (TPSA) is 49.8 Å². The number of nitrogens with zero attached hydrogens (tertiary/aromatic N) is 1. The van der Waals surface area contributed by atoms with Gasteiger partial charge in [-0.25, -0.2) is 4.79 Å². The second-order valence-corrected chi connectivity index (χ2v) is 5.21. The van der Waals surface area contributed by atoms with Crippen LogP contribution in [0.3, 0.4) is 0 Å². The molecule has 18 heavy (non-hydrogen) atoms. The van der Waals surface area contributed by atoms with E-state index in [1.165, 1.54) is 23.3 Å². The number of amides is 1. The van der Waals surface area contributed by atoms with Crippen LogP contribution >= 0.6 is 0 Å². The van der Waals surface area contributed by atoms with Crippen molar-refractivity contribution in [1.29, 1.82) is 0 Å². The summed E-state index contributed by atoms with van der Waals surface area (Å²) in [6, 6.07) is 8.07. The maximum atomic E-state index is 10.7. The van der Waals surface area contributed by atoms with Gasteiger partial charge < -0.3 is 14.7 Å². The molecule has 2 aliphatic rings. The van der Waals surface area contributed by atoms with Gasteiger partial charge in [-0.2, -0.15) is 0 Å². The Hall–Kier alpha value is -1.71. The molecule has 0 aromatic heterocycles. The van der Waals surface area contributed by atoms with Crippen molar-refractivity contribution in [3.8, 4) is 5.75 Å². The molecule has 96 valence electrons. The van der Waals surface area contributed by atoms with Crippen LogP contribution in [0.2, 0.25) is 0 Å². The van der Waals surface area contributed by atoms with Crippen molar-refractivity contribution in [3.63, 3.8) is 0 Å². The minimum atomic E-state index is -0.823. The van der Waals surface area contributed by atoms with Crippen molar-refractivity contribution in [2.45, 2.75) is 18.8 Å². The van der Waals surface area contributed by atoms with Crippen molar-refractivity contribution in [2.75, 3.05) is 19.7 Å². The summed E-state index contributed by atoms with van der Waals surface area (Å²) in [5.74, 6) is 2.03. The number of hydrogen-bond acceptors (Lipinski definition) is 2. The molecule has 1 amide bonds. The molecule has 4 nitrogen and oxygen atoms in total. The predicted molar refractivity (Wildman–Crippen MR) is 67.0 cm³/mol. The third-order valence-electron chi connectivity index (χ3n) is 3.69. The Morgan fingerprint density at radius 1 is 1.28 bits per heavy atom. The average Bonchev–Trinajstić information content (AvgIpc) is 3.09. The first-order valence-electron chi connectivity index (χ1n) is 6.43. The largest absolute Gasteiger partial charge is 0.493 e. The molecule has 0 radical (unpaired) electrons. The first-order chi connectivity index (χ1) is 8.72. The van der Waals surface area contributed by atoms with E-state index >= 15 is 0 Å². The summed E-state index contributed by atoms with van der Waals surface area (Å²) in [6.45, 7) is 2.05. The smallest absolute Gasteiger partial charge is 0.407 e. The van der Waals surface area contributed by atoms with E-state index in [0.717, 1.165) is 18.3 Å². The van der Waals surface area contributed by atoms with Crippen LogP contribution in [0.15, 0.2) is 24.3 Å². The van der Waals surface area contributed by atoms with Crippen molar-refractivity contribution in [1.82, 2.24) is 4.90 Å². The SMILES string of the molecule is O=C(O)N1CC(c2ccc(OCC3CC3)cc2)C1. The van der Waals surface area contributed by atoms with E-state index < -0.39 is 6.09 Å². The van der Waals surface area contributed by atoms with Crippen LogP contribution < -0.4 is 4.74 Å². The normalized spacial score (nSPS) is 19.4. The molecule has 1 N–H and O–H groups in total. The Kier molecular flexibility index (Phi) is 2.86. The summed E-state index contributed by atoms with van der Waals surface area (Å²) in [7, 11) is 0. The van der Waals surface area contributed by atoms with Gasteiger partial charge in [0.05, 0.1) is 6.61 Å². The van der Waals surface area contributed by atoms with E-state index in [4.69, 9.17) is 9.84 Å². The van der Waals surface area contributed by atoms with Gasteiger partial charge in [0.15, 0.2) is 0 Å². The summed E-state index contributed by atoms with van der Waals surface area (Å²) in [5.41, 5.74) is 1.20. The fourth-order valence-corrected chi connectivity index (χ4v) is 2.18. The molecule has 1 aromatic rings. The van der Waals surface area contributed by atoms with E-state index in [2.05, 4.69) is 0 Å². The first-order valence-corrected chi connectivity index (χ1v) is 6.43. The van der Waals surface area contributed by atoms with Crippen LogP contribution in [-0.2, 0) is 0 Å². The van der Waals surface area contributed by atoms with Gasteiger partial charge in [0.1, 0.15) is 5.75 Å². The number of hydrogen-bond donors (Lipinski definition) is 1. The Labute approximate surface area is 106 Å². The van der Waals surface area contributed by atoms with Gasteiger partial charge in [0, 0.05) is 19.0 Å². The zero-order valence-electron chi connectivity index (χ0n) is 10.2. The molecule has 1 aromatic carbocycles. The fourth-order valence-electron chi connectivity index (χ4n) is 2.18. The standard InChI is InChI=1S/C14H17NO3/c16-14(17)15-7-12(8-15)11-3-5-13(6-4-11)18-9-10-1-2-10/h3-6,10,12H,1-2,7-9H2,(H,16,17). The number of benzene rings is 1. The zero-order valence-corrected chi connectivity index (χ0v) is 10.2. The Morgan fingerprint density at radius 3 is 2.50 bits per heavy atom. The average molecular weight is 247 g/mol. The minimum absolute atomic E-state index is 0.346. The third-order valence-corrected chi connectivity index (χ3v) is 3.69. The number of rotatable bonds is 4. The monoisotopic (exact) mass is 247 g/mol. The molecule has 0 atom stereocenters. The summed E-state index contributed by atoms with van der Waals surface area (Å²) in [5, 5.41) is 8.78. The highest BCUT2D eigenvalue weighted by Gasteiger charge is 2.31.